The first kappa shape index (κ1) is 11.4. The molecular weight excluding hydrogens is 225 g/mol. The Morgan fingerprint density at radius 1 is 1.33 bits per heavy atom. The molecule has 0 saturated heterocycles. The fourth-order valence-electron chi connectivity index (χ4n) is 2.49. The van der Waals surface area contributed by atoms with E-state index >= 15 is 0 Å². The van der Waals surface area contributed by atoms with Crippen molar-refractivity contribution in [2.24, 2.45) is 0 Å². The number of fused-ring (bicyclic) bond motifs is 1. The van der Waals surface area contributed by atoms with Crippen molar-refractivity contribution in [1.82, 2.24) is 14.5 Å². The molecule has 1 saturated carbocycles. The Balaban J connectivity index is 2.43. The highest BCUT2D eigenvalue weighted by Gasteiger charge is 2.24. The van der Waals surface area contributed by atoms with Crippen LogP contribution >= 0.6 is 0 Å². The molecule has 1 fully saturated rings. The fourth-order valence-corrected chi connectivity index (χ4v) is 2.49. The molecule has 1 aliphatic carbocycles. The smallest absolute Gasteiger partial charge is 0.245 e. The Labute approximate surface area is 106 Å². The second kappa shape index (κ2) is 3.94. The summed E-state index contributed by atoms with van der Waals surface area (Å²) in [6.45, 7) is 3.77. The summed E-state index contributed by atoms with van der Waals surface area (Å²) in [7, 11) is 5.82. The van der Waals surface area contributed by atoms with Crippen LogP contribution in [0.2, 0.25) is 0 Å². The summed E-state index contributed by atoms with van der Waals surface area (Å²) in [6, 6.07) is 1.94. The van der Waals surface area contributed by atoms with Gasteiger partial charge in [-0.2, -0.15) is 0 Å². The minimum Gasteiger partial charge on any atom is -0.290 e. The summed E-state index contributed by atoms with van der Waals surface area (Å²) >= 11 is 0. The van der Waals surface area contributed by atoms with Crippen molar-refractivity contribution in [2.45, 2.75) is 39.2 Å². The van der Waals surface area contributed by atoms with E-state index in [9.17, 15) is 4.79 Å². The predicted octanol–water partition coefficient (Wildman–Crippen LogP) is 0.927. The van der Waals surface area contributed by atoms with E-state index in [0.29, 0.717) is 5.82 Å². The van der Waals surface area contributed by atoms with E-state index in [1.165, 1.54) is 0 Å². The van der Waals surface area contributed by atoms with Gasteiger partial charge in [0.15, 0.2) is 0 Å². The van der Waals surface area contributed by atoms with E-state index in [4.69, 9.17) is 7.85 Å². The summed E-state index contributed by atoms with van der Waals surface area (Å²) in [5.74, 6) is 0.692. The molecule has 0 aromatic carbocycles. The molecule has 2 aromatic heterocycles. The second-order valence-electron chi connectivity index (χ2n) is 4.95. The number of aromatic nitrogens is 3. The molecule has 0 atom stereocenters. The van der Waals surface area contributed by atoms with Crippen molar-refractivity contribution in [3.63, 3.8) is 0 Å². The van der Waals surface area contributed by atoms with Gasteiger partial charge in [-0.15, -0.1) is 0 Å². The molecule has 0 bridgehead atoms. The highest BCUT2D eigenvalue weighted by molar-refractivity contribution is 6.32. The van der Waals surface area contributed by atoms with Crippen molar-refractivity contribution in [1.29, 1.82) is 0 Å². The standard InChI is InChI=1S/C13H14BN3O/c1-7-10-6-11(14)13(18)17(9-4-3-5-9)12(10)16-8(2)15-7/h6,9H,3-5H2,1-2H3. The number of pyridine rings is 1. The fraction of sp³-hybridized carbons (Fsp3) is 0.462. The van der Waals surface area contributed by atoms with Crippen molar-refractivity contribution in [3.8, 4) is 0 Å². The molecule has 0 N–H and O–H groups in total. The van der Waals surface area contributed by atoms with E-state index in [0.717, 1.165) is 36.0 Å². The Bertz CT molecular complexity index is 689. The molecule has 2 radical (unpaired) electrons. The summed E-state index contributed by atoms with van der Waals surface area (Å²) < 4.78 is 1.76. The molecule has 0 amide bonds. The lowest BCUT2D eigenvalue weighted by Crippen LogP contribution is -2.39. The maximum Gasteiger partial charge on any atom is 0.245 e. The Hall–Kier alpha value is -1.65. The average Bonchev–Trinajstić information content (AvgIpc) is 2.24. The number of nitrogens with zero attached hydrogens (tertiary/aromatic N) is 3. The van der Waals surface area contributed by atoms with Crippen LogP contribution in [-0.4, -0.2) is 22.4 Å². The summed E-state index contributed by atoms with van der Waals surface area (Å²) in [6.07, 6.45) is 3.22. The van der Waals surface area contributed by atoms with E-state index in [1.54, 1.807) is 10.6 Å². The van der Waals surface area contributed by atoms with Gasteiger partial charge in [0.1, 0.15) is 19.3 Å². The third-order valence-electron chi connectivity index (χ3n) is 3.66. The Kier molecular flexibility index (Phi) is 2.50. The third-order valence-corrected chi connectivity index (χ3v) is 3.66. The van der Waals surface area contributed by atoms with E-state index in [2.05, 4.69) is 9.97 Å². The molecule has 2 aromatic rings. The summed E-state index contributed by atoms with van der Waals surface area (Å²) in [5, 5.41) is 0.879. The molecule has 1 aliphatic rings. The zero-order chi connectivity index (χ0) is 12.9. The zero-order valence-corrected chi connectivity index (χ0v) is 10.6. The first-order chi connectivity index (χ1) is 8.58. The van der Waals surface area contributed by atoms with Crippen LogP contribution in [-0.2, 0) is 0 Å². The van der Waals surface area contributed by atoms with Crippen LogP contribution in [0.1, 0.15) is 36.8 Å². The maximum atomic E-state index is 12.2. The van der Waals surface area contributed by atoms with Gasteiger partial charge in [-0.05, 0) is 38.6 Å². The molecular formula is C13H14BN3O. The molecule has 3 rings (SSSR count). The lowest BCUT2D eigenvalue weighted by atomic mass is 9.90. The first-order valence-corrected chi connectivity index (χ1v) is 6.24. The van der Waals surface area contributed by atoms with Crippen LogP contribution in [0.4, 0.5) is 0 Å². The molecule has 2 heterocycles. The van der Waals surface area contributed by atoms with Crippen molar-refractivity contribution >= 4 is 24.3 Å². The van der Waals surface area contributed by atoms with Crippen molar-refractivity contribution in [2.75, 3.05) is 0 Å². The molecule has 0 spiro atoms. The second-order valence-corrected chi connectivity index (χ2v) is 4.95. The van der Waals surface area contributed by atoms with Crippen molar-refractivity contribution < 1.29 is 0 Å². The van der Waals surface area contributed by atoms with Gasteiger partial charge in [-0.1, -0.05) is 6.07 Å². The highest BCUT2D eigenvalue weighted by Crippen LogP contribution is 2.32. The van der Waals surface area contributed by atoms with Gasteiger partial charge in [-0.25, -0.2) is 9.97 Å². The minimum absolute atomic E-state index is 0.121. The number of rotatable bonds is 1. The van der Waals surface area contributed by atoms with E-state index in [1.807, 2.05) is 13.8 Å². The summed E-state index contributed by atoms with van der Waals surface area (Å²) in [5.41, 5.74) is 1.76. The van der Waals surface area contributed by atoms with Gasteiger partial charge in [0.05, 0.1) is 5.69 Å². The molecule has 18 heavy (non-hydrogen) atoms. The normalized spacial score (nSPS) is 15.9. The third kappa shape index (κ3) is 1.57. The number of hydrogen-bond acceptors (Lipinski definition) is 3. The molecule has 5 heteroatoms. The highest BCUT2D eigenvalue weighted by atomic mass is 16.1. The van der Waals surface area contributed by atoms with E-state index in [-0.39, 0.29) is 17.1 Å². The number of hydrogen-bond donors (Lipinski definition) is 0. The molecule has 0 unspecified atom stereocenters. The first-order valence-electron chi connectivity index (χ1n) is 6.24. The van der Waals surface area contributed by atoms with Gasteiger partial charge < -0.3 is 0 Å². The molecule has 4 nitrogen and oxygen atoms in total. The van der Waals surface area contributed by atoms with Crippen molar-refractivity contribution in [3.05, 3.63) is 27.9 Å². The monoisotopic (exact) mass is 239 g/mol. The summed E-state index contributed by atoms with van der Waals surface area (Å²) in [4.78, 5) is 21.0. The van der Waals surface area contributed by atoms with Gasteiger partial charge in [-0.3, -0.25) is 9.36 Å². The van der Waals surface area contributed by atoms with Crippen LogP contribution < -0.4 is 11.0 Å². The van der Waals surface area contributed by atoms with Crippen LogP contribution in [0.15, 0.2) is 10.9 Å². The zero-order valence-electron chi connectivity index (χ0n) is 10.6. The quantitative estimate of drug-likeness (QED) is 0.695. The lowest BCUT2D eigenvalue weighted by Gasteiger charge is -2.29. The number of aryl methyl sites for hydroxylation is 2. The Morgan fingerprint density at radius 3 is 2.67 bits per heavy atom. The van der Waals surface area contributed by atoms with Crippen LogP contribution in [0.25, 0.3) is 11.0 Å². The largest absolute Gasteiger partial charge is 0.290 e. The lowest BCUT2D eigenvalue weighted by molar-refractivity contribution is 0.314. The maximum absolute atomic E-state index is 12.2. The Morgan fingerprint density at radius 2 is 2.06 bits per heavy atom. The van der Waals surface area contributed by atoms with Crippen LogP contribution in [0.5, 0.6) is 0 Å². The van der Waals surface area contributed by atoms with Crippen LogP contribution in [0, 0.1) is 13.8 Å². The van der Waals surface area contributed by atoms with Gasteiger partial charge >= 0.3 is 0 Å². The van der Waals surface area contributed by atoms with Gasteiger partial charge in [0.25, 0.3) is 0 Å². The average molecular weight is 239 g/mol. The molecule has 0 aliphatic heterocycles. The SMILES string of the molecule is [B]c1cc2c(C)nc(C)nc2n(C2CCC2)c1=O. The van der Waals surface area contributed by atoms with Crippen LogP contribution in [0.3, 0.4) is 0 Å². The topological polar surface area (TPSA) is 47.8 Å². The van der Waals surface area contributed by atoms with Gasteiger partial charge in [0.2, 0.25) is 5.56 Å². The minimum atomic E-state index is -0.121. The molecule has 90 valence electrons. The van der Waals surface area contributed by atoms with Gasteiger partial charge in [0, 0.05) is 11.4 Å². The predicted molar refractivity (Wildman–Crippen MR) is 71.5 cm³/mol. The van der Waals surface area contributed by atoms with E-state index < -0.39 is 0 Å².